The van der Waals surface area contributed by atoms with Gasteiger partial charge in [0.25, 0.3) is 5.91 Å². The number of likely N-dealkylation sites (N-methyl/N-ethyl adjacent to an activating group) is 1. The number of benzene rings is 1. The number of carbonyl (C=O) groups excluding carboxylic acids is 2. The third kappa shape index (κ3) is 4.78. The average Bonchev–Trinajstić information content (AvgIpc) is 2.68. The van der Waals surface area contributed by atoms with E-state index in [9.17, 15) is 18.0 Å². The molecular weight excluding hydrogens is 406 g/mol. The molecule has 9 heteroatoms. The normalized spacial score (nSPS) is 24.0. The lowest BCUT2D eigenvalue weighted by Crippen LogP contribution is -2.44. The molecule has 1 unspecified atom stereocenters. The quantitative estimate of drug-likeness (QED) is 0.711. The fourth-order valence-corrected chi connectivity index (χ4v) is 5.31. The minimum Gasteiger partial charge on any atom is -0.478 e. The van der Waals surface area contributed by atoms with Crippen molar-refractivity contribution in [1.29, 1.82) is 0 Å². The standard InChI is InChI=1S/C21H31N3O5S/c1-5-17-21(26)23-16-10-14(3)19(11-18(16)29-17)30(27,28)24(4)12-20(25)22-15-8-6-13(2)7-9-15/h10-11,13,15,17H,5-9,12H2,1-4H3,(H,22,25)(H,23,26). The summed E-state index contributed by atoms with van der Waals surface area (Å²) in [4.78, 5) is 24.5. The molecule has 1 aromatic rings. The number of ether oxygens (including phenoxy) is 1. The summed E-state index contributed by atoms with van der Waals surface area (Å²) in [7, 11) is -2.51. The molecule has 30 heavy (non-hydrogen) atoms. The molecule has 1 aliphatic carbocycles. The van der Waals surface area contributed by atoms with Gasteiger partial charge in [-0.3, -0.25) is 9.59 Å². The van der Waals surface area contributed by atoms with E-state index in [-0.39, 0.29) is 29.3 Å². The molecule has 1 saturated carbocycles. The third-order valence-electron chi connectivity index (χ3n) is 5.90. The zero-order valence-electron chi connectivity index (χ0n) is 18.0. The molecule has 1 aromatic carbocycles. The summed E-state index contributed by atoms with van der Waals surface area (Å²) >= 11 is 0. The molecule has 8 nitrogen and oxygen atoms in total. The van der Waals surface area contributed by atoms with Crippen LogP contribution in [0, 0.1) is 12.8 Å². The summed E-state index contributed by atoms with van der Waals surface area (Å²) in [6.07, 6.45) is 3.81. The van der Waals surface area contributed by atoms with Crippen LogP contribution >= 0.6 is 0 Å². The number of aryl methyl sites for hydroxylation is 1. The maximum absolute atomic E-state index is 13.1. The van der Waals surface area contributed by atoms with Crippen molar-refractivity contribution in [3.63, 3.8) is 0 Å². The van der Waals surface area contributed by atoms with Gasteiger partial charge in [-0.2, -0.15) is 4.31 Å². The van der Waals surface area contributed by atoms with Crippen LogP contribution in [0.15, 0.2) is 17.0 Å². The first kappa shape index (κ1) is 22.6. The van der Waals surface area contributed by atoms with Crippen molar-refractivity contribution < 1.29 is 22.7 Å². The number of fused-ring (bicyclic) bond motifs is 1. The van der Waals surface area contributed by atoms with Gasteiger partial charge in [-0.1, -0.05) is 13.8 Å². The number of amides is 2. The highest BCUT2D eigenvalue weighted by molar-refractivity contribution is 7.89. The molecule has 2 aliphatic rings. The third-order valence-corrected chi connectivity index (χ3v) is 7.85. The van der Waals surface area contributed by atoms with Crippen LogP contribution < -0.4 is 15.4 Å². The molecule has 1 heterocycles. The van der Waals surface area contributed by atoms with E-state index in [0.717, 1.165) is 30.0 Å². The number of rotatable bonds is 6. The highest BCUT2D eigenvalue weighted by atomic mass is 32.2. The first-order valence-electron chi connectivity index (χ1n) is 10.5. The second-order valence-electron chi connectivity index (χ2n) is 8.40. The van der Waals surface area contributed by atoms with Crippen LogP contribution in [0.2, 0.25) is 0 Å². The van der Waals surface area contributed by atoms with E-state index < -0.39 is 16.1 Å². The molecule has 166 valence electrons. The number of anilines is 1. The Morgan fingerprint density at radius 2 is 1.93 bits per heavy atom. The maximum Gasteiger partial charge on any atom is 0.265 e. The van der Waals surface area contributed by atoms with E-state index in [0.29, 0.717) is 29.3 Å². The summed E-state index contributed by atoms with van der Waals surface area (Å²) in [5.74, 6) is 0.448. The minimum absolute atomic E-state index is 0.0639. The minimum atomic E-state index is -3.91. The topological polar surface area (TPSA) is 105 Å². The lowest BCUT2D eigenvalue weighted by Gasteiger charge is -2.28. The Labute approximate surface area is 178 Å². The monoisotopic (exact) mass is 437 g/mol. The number of sulfonamides is 1. The molecule has 0 saturated heterocycles. The van der Waals surface area contributed by atoms with Crippen molar-refractivity contribution in [2.45, 2.75) is 69.9 Å². The van der Waals surface area contributed by atoms with E-state index in [1.165, 1.54) is 13.1 Å². The van der Waals surface area contributed by atoms with Gasteiger partial charge in [-0.15, -0.1) is 0 Å². The molecule has 3 rings (SSSR count). The molecule has 0 radical (unpaired) electrons. The van der Waals surface area contributed by atoms with Gasteiger partial charge in [-0.25, -0.2) is 8.42 Å². The molecule has 2 N–H and O–H groups in total. The number of nitrogens with zero attached hydrogens (tertiary/aromatic N) is 1. The van der Waals surface area contributed by atoms with Crippen LogP contribution in [-0.4, -0.2) is 50.3 Å². The van der Waals surface area contributed by atoms with E-state index >= 15 is 0 Å². The molecule has 1 aliphatic heterocycles. The van der Waals surface area contributed by atoms with Gasteiger partial charge < -0.3 is 15.4 Å². The van der Waals surface area contributed by atoms with Crippen molar-refractivity contribution in [3.8, 4) is 5.75 Å². The highest BCUT2D eigenvalue weighted by Gasteiger charge is 2.31. The lowest BCUT2D eigenvalue weighted by atomic mass is 9.87. The van der Waals surface area contributed by atoms with Crippen LogP contribution in [0.5, 0.6) is 5.75 Å². The molecule has 0 aromatic heterocycles. The molecular formula is C21H31N3O5S. The van der Waals surface area contributed by atoms with Gasteiger partial charge in [-0.05, 0) is 56.6 Å². The van der Waals surface area contributed by atoms with Crippen LogP contribution in [0.25, 0.3) is 0 Å². The maximum atomic E-state index is 13.1. The number of hydrogen-bond donors (Lipinski definition) is 2. The van der Waals surface area contributed by atoms with E-state index in [4.69, 9.17) is 4.74 Å². The van der Waals surface area contributed by atoms with Crippen molar-refractivity contribution in [2.75, 3.05) is 18.9 Å². The molecule has 1 atom stereocenters. The zero-order valence-corrected chi connectivity index (χ0v) is 18.8. The van der Waals surface area contributed by atoms with Crippen molar-refractivity contribution >= 4 is 27.5 Å². The molecule has 0 spiro atoms. The molecule has 0 bridgehead atoms. The Hall–Kier alpha value is -2.13. The van der Waals surface area contributed by atoms with Gasteiger partial charge in [0.2, 0.25) is 15.9 Å². The largest absolute Gasteiger partial charge is 0.478 e. The van der Waals surface area contributed by atoms with Gasteiger partial charge in [0.05, 0.1) is 17.1 Å². The Bertz CT molecular complexity index is 923. The van der Waals surface area contributed by atoms with Crippen LogP contribution in [0.3, 0.4) is 0 Å². The summed E-state index contributed by atoms with van der Waals surface area (Å²) in [6, 6.07) is 3.13. The van der Waals surface area contributed by atoms with Crippen molar-refractivity contribution in [1.82, 2.24) is 9.62 Å². The average molecular weight is 438 g/mol. The smallest absolute Gasteiger partial charge is 0.265 e. The Balaban J connectivity index is 1.73. The van der Waals surface area contributed by atoms with Gasteiger partial charge in [0.15, 0.2) is 6.10 Å². The Morgan fingerprint density at radius 1 is 1.27 bits per heavy atom. The van der Waals surface area contributed by atoms with E-state index in [1.54, 1.807) is 13.0 Å². The van der Waals surface area contributed by atoms with E-state index in [2.05, 4.69) is 17.6 Å². The van der Waals surface area contributed by atoms with Crippen LogP contribution in [0.4, 0.5) is 5.69 Å². The number of carbonyl (C=O) groups is 2. The van der Waals surface area contributed by atoms with Crippen LogP contribution in [0.1, 0.15) is 51.5 Å². The SMILES string of the molecule is CCC1Oc2cc(S(=O)(=O)N(C)CC(=O)NC3CCC(C)CC3)c(C)cc2NC1=O. The first-order valence-corrected chi connectivity index (χ1v) is 11.9. The predicted molar refractivity (Wildman–Crippen MR) is 114 cm³/mol. The van der Waals surface area contributed by atoms with Gasteiger partial charge in [0, 0.05) is 19.2 Å². The lowest BCUT2D eigenvalue weighted by molar-refractivity contribution is -0.123. The summed E-state index contributed by atoms with van der Waals surface area (Å²) in [6.45, 7) is 5.43. The Kier molecular flexibility index (Phi) is 6.71. The number of nitrogens with one attached hydrogen (secondary N) is 2. The highest BCUT2D eigenvalue weighted by Crippen LogP contribution is 2.35. The summed E-state index contributed by atoms with van der Waals surface area (Å²) in [5, 5.41) is 5.71. The van der Waals surface area contributed by atoms with Crippen LogP contribution in [-0.2, 0) is 19.6 Å². The second-order valence-corrected chi connectivity index (χ2v) is 10.4. The zero-order chi connectivity index (χ0) is 22.1. The van der Waals surface area contributed by atoms with Gasteiger partial charge >= 0.3 is 0 Å². The predicted octanol–water partition coefficient (Wildman–Crippen LogP) is 2.42. The summed E-state index contributed by atoms with van der Waals surface area (Å²) in [5.41, 5.74) is 0.925. The van der Waals surface area contributed by atoms with Gasteiger partial charge in [0.1, 0.15) is 5.75 Å². The molecule has 1 fully saturated rings. The van der Waals surface area contributed by atoms with E-state index in [1.807, 2.05) is 6.92 Å². The first-order chi connectivity index (χ1) is 14.1. The van der Waals surface area contributed by atoms with Crippen molar-refractivity contribution in [2.24, 2.45) is 5.92 Å². The molecule has 2 amide bonds. The second kappa shape index (κ2) is 8.93. The Morgan fingerprint density at radius 3 is 2.57 bits per heavy atom. The summed E-state index contributed by atoms with van der Waals surface area (Å²) < 4.78 is 33.0. The van der Waals surface area contributed by atoms with Crippen molar-refractivity contribution in [3.05, 3.63) is 17.7 Å². The number of hydrogen-bond acceptors (Lipinski definition) is 5. The fourth-order valence-electron chi connectivity index (χ4n) is 3.96. The fraction of sp³-hybridized carbons (Fsp3) is 0.619.